The number of halogens is 2. The fourth-order valence-corrected chi connectivity index (χ4v) is 3.01. The van der Waals surface area contributed by atoms with E-state index in [2.05, 4.69) is 65.3 Å². The topological polar surface area (TPSA) is 29.9 Å². The van der Waals surface area contributed by atoms with Crippen LogP contribution >= 0.6 is 27.5 Å². The Morgan fingerprint density at radius 1 is 1.38 bits per heavy atom. The first-order chi connectivity index (χ1) is 10.1. The Labute approximate surface area is 139 Å². The van der Waals surface area contributed by atoms with Crippen LogP contribution in [0, 0.1) is 6.92 Å². The first-order valence-electron chi connectivity index (χ1n) is 7.29. The molecule has 114 valence electrons. The molecule has 1 N–H and O–H groups in total. The molecule has 1 aromatic heterocycles. The predicted molar refractivity (Wildman–Crippen MR) is 91.9 cm³/mol. The lowest BCUT2D eigenvalue weighted by atomic mass is 10.0. The van der Waals surface area contributed by atoms with Crippen molar-refractivity contribution in [1.29, 1.82) is 0 Å². The van der Waals surface area contributed by atoms with E-state index >= 15 is 0 Å². The highest BCUT2D eigenvalue weighted by Crippen LogP contribution is 2.30. The average Bonchev–Trinajstić information content (AvgIpc) is 2.84. The van der Waals surface area contributed by atoms with Gasteiger partial charge in [-0.2, -0.15) is 5.10 Å². The van der Waals surface area contributed by atoms with Gasteiger partial charge in [-0.3, -0.25) is 4.68 Å². The highest BCUT2D eigenvalue weighted by molar-refractivity contribution is 9.10. The van der Waals surface area contributed by atoms with E-state index in [0.29, 0.717) is 5.02 Å². The predicted octanol–water partition coefficient (Wildman–Crippen LogP) is 4.72. The minimum atomic E-state index is 0.0526. The summed E-state index contributed by atoms with van der Waals surface area (Å²) in [6.07, 6.45) is 2.80. The molecule has 0 amide bonds. The lowest BCUT2D eigenvalue weighted by Gasteiger charge is -2.21. The average molecular weight is 371 g/mol. The minimum Gasteiger partial charge on any atom is -0.305 e. The van der Waals surface area contributed by atoms with Crippen LogP contribution in [0.3, 0.4) is 0 Å². The number of hydrogen-bond acceptors (Lipinski definition) is 2. The van der Waals surface area contributed by atoms with E-state index in [1.807, 2.05) is 4.68 Å². The molecule has 1 heterocycles. The molecule has 0 fully saturated rings. The van der Waals surface area contributed by atoms with E-state index in [1.54, 1.807) is 6.20 Å². The first kappa shape index (κ1) is 16.5. The molecule has 21 heavy (non-hydrogen) atoms. The van der Waals surface area contributed by atoms with Crippen LogP contribution in [-0.2, 0) is 6.54 Å². The van der Waals surface area contributed by atoms with Crippen LogP contribution in [0.5, 0.6) is 0 Å². The van der Waals surface area contributed by atoms with Gasteiger partial charge in [0, 0.05) is 11.0 Å². The molecule has 3 nitrogen and oxygen atoms in total. The third kappa shape index (κ3) is 3.68. The normalized spacial score (nSPS) is 12.6. The second kappa shape index (κ2) is 7.43. The van der Waals surface area contributed by atoms with Crippen LogP contribution in [0.2, 0.25) is 5.02 Å². The highest BCUT2D eigenvalue weighted by atomic mass is 79.9. The van der Waals surface area contributed by atoms with Gasteiger partial charge in [0.1, 0.15) is 0 Å². The van der Waals surface area contributed by atoms with Crippen molar-refractivity contribution in [2.45, 2.75) is 39.8 Å². The zero-order valence-electron chi connectivity index (χ0n) is 12.7. The molecule has 0 aliphatic rings. The van der Waals surface area contributed by atoms with Gasteiger partial charge < -0.3 is 5.32 Å². The van der Waals surface area contributed by atoms with Gasteiger partial charge in [-0.05, 0) is 44.0 Å². The summed E-state index contributed by atoms with van der Waals surface area (Å²) in [4.78, 5) is 0. The molecule has 2 rings (SSSR count). The molecule has 0 aliphatic heterocycles. The van der Waals surface area contributed by atoms with Gasteiger partial charge in [-0.15, -0.1) is 0 Å². The fraction of sp³-hybridized carbons (Fsp3) is 0.438. The lowest BCUT2D eigenvalue weighted by molar-refractivity contribution is 0.530. The van der Waals surface area contributed by atoms with E-state index in [1.165, 1.54) is 11.1 Å². The number of nitrogens with one attached hydrogen (secondary N) is 1. The van der Waals surface area contributed by atoms with Crippen LogP contribution in [0.15, 0.2) is 28.9 Å². The summed E-state index contributed by atoms with van der Waals surface area (Å²) in [6, 6.07) is 6.49. The van der Waals surface area contributed by atoms with Gasteiger partial charge in [-0.1, -0.05) is 46.6 Å². The Morgan fingerprint density at radius 3 is 2.76 bits per heavy atom. The molecule has 0 bridgehead atoms. The molecule has 0 spiro atoms. The molecule has 0 radical (unpaired) electrons. The summed E-state index contributed by atoms with van der Waals surface area (Å²) in [5.41, 5.74) is 3.45. The fourth-order valence-electron chi connectivity index (χ4n) is 2.36. The first-order valence-corrected chi connectivity index (χ1v) is 8.46. The molecule has 1 aromatic carbocycles. The summed E-state index contributed by atoms with van der Waals surface area (Å²) in [6.45, 7) is 8.06. The largest absolute Gasteiger partial charge is 0.305 e. The van der Waals surface area contributed by atoms with Crippen LogP contribution in [0.25, 0.3) is 0 Å². The van der Waals surface area contributed by atoms with Crippen LogP contribution in [0.1, 0.15) is 43.1 Å². The van der Waals surface area contributed by atoms with Crippen molar-refractivity contribution < 1.29 is 0 Å². The van der Waals surface area contributed by atoms with Crippen molar-refractivity contribution in [1.82, 2.24) is 15.1 Å². The number of aryl methyl sites for hydroxylation is 2. The van der Waals surface area contributed by atoms with Crippen LogP contribution in [-0.4, -0.2) is 16.3 Å². The van der Waals surface area contributed by atoms with E-state index in [-0.39, 0.29) is 6.04 Å². The second-order valence-electron chi connectivity index (χ2n) is 5.09. The Balaban J connectivity index is 2.46. The van der Waals surface area contributed by atoms with Gasteiger partial charge >= 0.3 is 0 Å². The Bertz CT molecular complexity index is 610. The molecular formula is C16H21BrClN3. The Kier molecular flexibility index (Phi) is 5.85. The van der Waals surface area contributed by atoms with Crippen molar-refractivity contribution in [3.05, 3.63) is 50.7 Å². The van der Waals surface area contributed by atoms with Crippen molar-refractivity contribution in [2.24, 2.45) is 0 Å². The summed E-state index contributed by atoms with van der Waals surface area (Å²) in [5.74, 6) is 0. The quantitative estimate of drug-likeness (QED) is 0.797. The monoisotopic (exact) mass is 369 g/mol. The number of hydrogen-bond donors (Lipinski definition) is 1. The molecule has 0 saturated carbocycles. The number of aromatic nitrogens is 2. The summed E-state index contributed by atoms with van der Waals surface area (Å²) in [5, 5.41) is 8.66. The number of rotatable bonds is 6. The summed E-state index contributed by atoms with van der Waals surface area (Å²) in [7, 11) is 0. The SMILES string of the molecule is CCCNC(c1ccc(C)c(Br)c1)c1c(Cl)cnn1CC. The maximum atomic E-state index is 6.38. The zero-order valence-corrected chi connectivity index (χ0v) is 15.0. The van der Waals surface area contributed by atoms with E-state index in [4.69, 9.17) is 11.6 Å². The van der Waals surface area contributed by atoms with E-state index in [9.17, 15) is 0 Å². The Hall–Kier alpha value is -0.840. The van der Waals surface area contributed by atoms with Crippen molar-refractivity contribution in [2.75, 3.05) is 6.54 Å². The van der Waals surface area contributed by atoms with Crippen LogP contribution in [0.4, 0.5) is 0 Å². The van der Waals surface area contributed by atoms with Gasteiger partial charge in [0.25, 0.3) is 0 Å². The third-order valence-corrected chi connectivity index (χ3v) is 4.68. The number of benzene rings is 1. The van der Waals surface area contributed by atoms with E-state index < -0.39 is 0 Å². The third-order valence-electron chi connectivity index (χ3n) is 3.53. The second-order valence-corrected chi connectivity index (χ2v) is 6.35. The van der Waals surface area contributed by atoms with Crippen molar-refractivity contribution in [3.8, 4) is 0 Å². The lowest BCUT2D eigenvalue weighted by Crippen LogP contribution is -2.26. The van der Waals surface area contributed by atoms with Crippen LogP contribution < -0.4 is 5.32 Å². The van der Waals surface area contributed by atoms with Gasteiger partial charge in [0.05, 0.1) is 23.0 Å². The maximum absolute atomic E-state index is 6.38. The molecular weight excluding hydrogens is 350 g/mol. The molecule has 2 aromatic rings. The van der Waals surface area contributed by atoms with Gasteiger partial charge in [-0.25, -0.2) is 0 Å². The highest BCUT2D eigenvalue weighted by Gasteiger charge is 2.21. The molecule has 1 atom stereocenters. The molecule has 0 aliphatic carbocycles. The molecule has 5 heteroatoms. The molecule has 1 unspecified atom stereocenters. The van der Waals surface area contributed by atoms with E-state index in [0.717, 1.165) is 29.7 Å². The smallest absolute Gasteiger partial charge is 0.0837 e. The molecule has 0 saturated heterocycles. The maximum Gasteiger partial charge on any atom is 0.0837 e. The van der Waals surface area contributed by atoms with Crippen molar-refractivity contribution >= 4 is 27.5 Å². The number of nitrogens with zero attached hydrogens (tertiary/aromatic N) is 2. The minimum absolute atomic E-state index is 0.0526. The summed E-state index contributed by atoms with van der Waals surface area (Å²) < 4.78 is 3.07. The standard InChI is InChI=1S/C16H21BrClN3/c1-4-8-19-15(12-7-6-11(3)13(17)9-12)16-14(18)10-20-21(16)5-2/h6-7,9-10,15,19H,4-5,8H2,1-3H3. The summed E-state index contributed by atoms with van der Waals surface area (Å²) >= 11 is 10.0. The zero-order chi connectivity index (χ0) is 15.4. The van der Waals surface area contributed by atoms with Gasteiger partial charge in [0.2, 0.25) is 0 Å². The van der Waals surface area contributed by atoms with Crippen molar-refractivity contribution in [3.63, 3.8) is 0 Å². The Morgan fingerprint density at radius 2 is 2.14 bits per heavy atom. The van der Waals surface area contributed by atoms with Gasteiger partial charge in [0.15, 0.2) is 0 Å².